The van der Waals surface area contributed by atoms with Gasteiger partial charge in [-0.3, -0.25) is 4.79 Å². The summed E-state index contributed by atoms with van der Waals surface area (Å²) in [6.07, 6.45) is 1.01. The fourth-order valence-corrected chi connectivity index (χ4v) is 2.42. The van der Waals surface area contributed by atoms with Crippen molar-refractivity contribution in [3.63, 3.8) is 0 Å². The van der Waals surface area contributed by atoms with Gasteiger partial charge in [-0.2, -0.15) is 0 Å². The van der Waals surface area contributed by atoms with Gasteiger partial charge in [-0.1, -0.05) is 13.8 Å². The van der Waals surface area contributed by atoms with Gasteiger partial charge in [-0.15, -0.1) is 0 Å². The lowest BCUT2D eigenvalue weighted by molar-refractivity contribution is -0.119. The molecule has 5 nitrogen and oxygen atoms in total. The molecule has 0 spiro atoms. The summed E-state index contributed by atoms with van der Waals surface area (Å²) in [6.45, 7) is 5.30. The standard InChI is InChI=1S/C10H20N2O3S/c1-3-16(14,15)7-10(13)12-9-6-11-5-4-8(9)2/h8-9,11H,3-7H2,1-2H3,(H,12,13). The smallest absolute Gasteiger partial charge is 0.235 e. The van der Waals surface area contributed by atoms with Gasteiger partial charge >= 0.3 is 0 Å². The van der Waals surface area contributed by atoms with Crippen LogP contribution in [0.4, 0.5) is 0 Å². The second kappa shape index (κ2) is 5.63. The molecule has 0 saturated carbocycles. The fourth-order valence-electron chi connectivity index (χ4n) is 1.73. The summed E-state index contributed by atoms with van der Waals surface area (Å²) in [6, 6.07) is 0.0494. The second-order valence-corrected chi connectivity index (χ2v) is 6.67. The number of piperidine rings is 1. The van der Waals surface area contributed by atoms with E-state index in [1.807, 2.05) is 0 Å². The molecule has 1 fully saturated rings. The summed E-state index contributed by atoms with van der Waals surface area (Å²) in [5.41, 5.74) is 0. The van der Waals surface area contributed by atoms with Gasteiger partial charge in [0.15, 0.2) is 9.84 Å². The molecule has 1 rings (SSSR count). The van der Waals surface area contributed by atoms with Gasteiger partial charge in [0.1, 0.15) is 5.75 Å². The average Bonchev–Trinajstić information content (AvgIpc) is 2.21. The highest BCUT2D eigenvalue weighted by molar-refractivity contribution is 7.92. The first-order valence-corrected chi connectivity index (χ1v) is 7.47. The van der Waals surface area contributed by atoms with E-state index >= 15 is 0 Å². The van der Waals surface area contributed by atoms with Gasteiger partial charge in [0, 0.05) is 18.3 Å². The summed E-state index contributed by atoms with van der Waals surface area (Å²) in [4.78, 5) is 11.5. The topological polar surface area (TPSA) is 75.3 Å². The van der Waals surface area contributed by atoms with Gasteiger partial charge in [0.2, 0.25) is 5.91 Å². The van der Waals surface area contributed by atoms with Crippen LogP contribution in [0.1, 0.15) is 20.3 Å². The second-order valence-electron chi connectivity index (χ2n) is 4.32. The average molecular weight is 248 g/mol. The Morgan fingerprint density at radius 2 is 2.19 bits per heavy atom. The van der Waals surface area contributed by atoms with Gasteiger partial charge in [-0.05, 0) is 18.9 Å². The molecule has 0 aromatic rings. The van der Waals surface area contributed by atoms with Crippen LogP contribution in [0.3, 0.4) is 0 Å². The third kappa shape index (κ3) is 4.09. The van der Waals surface area contributed by atoms with E-state index in [9.17, 15) is 13.2 Å². The maximum atomic E-state index is 11.5. The van der Waals surface area contributed by atoms with E-state index in [2.05, 4.69) is 17.6 Å². The lowest BCUT2D eigenvalue weighted by Gasteiger charge is -2.30. The Morgan fingerprint density at radius 1 is 1.50 bits per heavy atom. The van der Waals surface area contributed by atoms with Gasteiger partial charge in [-0.25, -0.2) is 8.42 Å². The normalized spacial score (nSPS) is 26.4. The van der Waals surface area contributed by atoms with Crippen LogP contribution >= 0.6 is 0 Å². The molecule has 1 heterocycles. The van der Waals surface area contributed by atoms with Crippen molar-refractivity contribution in [1.82, 2.24) is 10.6 Å². The molecular formula is C10H20N2O3S. The van der Waals surface area contributed by atoms with Crippen LogP contribution < -0.4 is 10.6 Å². The van der Waals surface area contributed by atoms with Crippen molar-refractivity contribution in [2.75, 3.05) is 24.6 Å². The highest BCUT2D eigenvalue weighted by Crippen LogP contribution is 2.10. The van der Waals surface area contributed by atoms with Crippen LogP contribution in [-0.4, -0.2) is 45.0 Å². The Bertz CT molecular complexity index is 340. The van der Waals surface area contributed by atoms with Crippen molar-refractivity contribution in [2.45, 2.75) is 26.3 Å². The summed E-state index contributed by atoms with van der Waals surface area (Å²) in [7, 11) is -3.22. The van der Waals surface area contributed by atoms with Gasteiger partial charge < -0.3 is 10.6 Å². The molecule has 2 unspecified atom stereocenters. The summed E-state index contributed by atoms with van der Waals surface area (Å²) >= 11 is 0. The minimum Gasteiger partial charge on any atom is -0.351 e. The van der Waals surface area contributed by atoms with Crippen molar-refractivity contribution in [3.05, 3.63) is 0 Å². The minimum atomic E-state index is -3.22. The van der Waals surface area contributed by atoms with Crippen LogP contribution in [0, 0.1) is 5.92 Å². The molecule has 0 bridgehead atoms. The molecule has 2 N–H and O–H groups in total. The Labute approximate surface area is 96.9 Å². The number of amides is 1. The van der Waals surface area contributed by atoms with Crippen molar-refractivity contribution in [3.8, 4) is 0 Å². The number of hydrogen-bond acceptors (Lipinski definition) is 4. The third-order valence-electron chi connectivity index (χ3n) is 2.96. The lowest BCUT2D eigenvalue weighted by Crippen LogP contribution is -2.51. The number of hydrogen-bond donors (Lipinski definition) is 2. The Morgan fingerprint density at radius 3 is 2.75 bits per heavy atom. The first kappa shape index (κ1) is 13.4. The molecule has 1 aliphatic rings. The predicted molar refractivity (Wildman–Crippen MR) is 62.9 cm³/mol. The molecule has 16 heavy (non-hydrogen) atoms. The van der Waals surface area contributed by atoms with E-state index in [-0.39, 0.29) is 17.7 Å². The molecule has 0 aliphatic carbocycles. The zero-order valence-electron chi connectivity index (χ0n) is 9.82. The quantitative estimate of drug-likeness (QED) is 0.705. The Balaban J connectivity index is 2.45. The highest BCUT2D eigenvalue weighted by atomic mass is 32.2. The largest absolute Gasteiger partial charge is 0.351 e. The number of nitrogens with one attached hydrogen (secondary N) is 2. The monoisotopic (exact) mass is 248 g/mol. The molecule has 0 radical (unpaired) electrons. The van der Waals surface area contributed by atoms with Crippen molar-refractivity contribution >= 4 is 15.7 Å². The lowest BCUT2D eigenvalue weighted by atomic mass is 9.95. The molecule has 0 aromatic heterocycles. The number of carbonyl (C=O) groups excluding carboxylic acids is 1. The van der Waals surface area contributed by atoms with Crippen molar-refractivity contribution in [2.24, 2.45) is 5.92 Å². The SMILES string of the molecule is CCS(=O)(=O)CC(=O)NC1CNCCC1C. The first-order valence-electron chi connectivity index (χ1n) is 5.65. The van der Waals surface area contributed by atoms with Crippen LogP contribution in [0.15, 0.2) is 0 Å². The molecular weight excluding hydrogens is 228 g/mol. The first-order chi connectivity index (χ1) is 7.44. The van der Waals surface area contributed by atoms with Crippen molar-refractivity contribution in [1.29, 1.82) is 0 Å². The fraction of sp³-hybridized carbons (Fsp3) is 0.900. The van der Waals surface area contributed by atoms with Crippen molar-refractivity contribution < 1.29 is 13.2 Å². The van der Waals surface area contributed by atoms with E-state index in [0.717, 1.165) is 19.5 Å². The summed E-state index contributed by atoms with van der Waals surface area (Å²) in [5, 5.41) is 5.96. The van der Waals surface area contributed by atoms with Crippen LogP contribution in [-0.2, 0) is 14.6 Å². The maximum Gasteiger partial charge on any atom is 0.235 e. The molecule has 2 atom stereocenters. The number of sulfone groups is 1. The highest BCUT2D eigenvalue weighted by Gasteiger charge is 2.24. The predicted octanol–water partition coefficient (Wildman–Crippen LogP) is -0.465. The zero-order chi connectivity index (χ0) is 12.2. The molecule has 1 saturated heterocycles. The van der Waals surface area contributed by atoms with Gasteiger partial charge in [0.25, 0.3) is 0 Å². The van der Waals surface area contributed by atoms with Crippen LogP contribution in [0.5, 0.6) is 0 Å². The number of rotatable bonds is 4. The third-order valence-corrected chi connectivity index (χ3v) is 4.55. The molecule has 6 heteroatoms. The molecule has 1 amide bonds. The molecule has 0 aromatic carbocycles. The van der Waals surface area contributed by atoms with E-state index in [1.54, 1.807) is 6.92 Å². The summed E-state index contributed by atoms with van der Waals surface area (Å²) in [5.74, 6) is -0.372. The van der Waals surface area contributed by atoms with Crippen LogP contribution in [0.2, 0.25) is 0 Å². The van der Waals surface area contributed by atoms with E-state index in [0.29, 0.717) is 5.92 Å². The van der Waals surface area contributed by atoms with Crippen LogP contribution in [0.25, 0.3) is 0 Å². The van der Waals surface area contributed by atoms with Gasteiger partial charge in [0.05, 0.1) is 0 Å². The summed E-state index contributed by atoms with van der Waals surface area (Å²) < 4.78 is 22.5. The Kier molecular flexibility index (Phi) is 4.73. The van der Waals surface area contributed by atoms with E-state index in [1.165, 1.54) is 0 Å². The minimum absolute atomic E-state index is 0.0128. The molecule has 94 valence electrons. The number of carbonyl (C=O) groups is 1. The Hall–Kier alpha value is -0.620. The zero-order valence-corrected chi connectivity index (χ0v) is 10.6. The van der Waals surface area contributed by atoms with E-state index < -0.39 is 15.6 Å². The van der Waals surface area contributed by atoms with E-state index in [4.69, 9.17) is 0 Å². The molecule has 1 aliphatic heterocycles. The maximum absolute atomic E-state index is 11.5.